The van der Waals surface area contributed by atoms with Gasteiger partial charge < -0.3 is 20.3 Å². The van der Waals surface area contributed by atoms with Crippen molar-refractivity contribution in [1.29, 1.82) is 0 Å². The molecule has 0 radical (unpaired) electrons. The minimum atomic E-state index is -0.827. The van der Waals surface area contributed by atoms with E-state index in [-0.39, 0.29) is 5.75 Å². The Morgan fingerprint density at radius 3 is 2.37 bits per heavy atom. The molecule has 19 heavy (non-hydrogen) atoms. The molecule has 1 rings (SSSR count). The van der Waals surface area contributed by atoms with Gasteiger partial charge in [0.05, 0.1) is 12.2 Å². The highest BCUT2D eigenvalue weighted by molar-refractivity contribution is 5.41. The maximum Gasteiger partial charge on any atom is 0.161 e. The van der Waals surface area contributed by atoms with Crippen LogP contribution in [0.15, 0.2) is 18.2 Å². The van der Waals surface area contributed by atoms with Crippen molar-refractivity contribution in [1.82, 2.24) is 5.32 Å². The van der Waals surface area contributed by atoms with Crippen molar-refractivity contribution in [2.75, 3.05) is 6.61 Å². The van der Waals surface area contributed by atoms with Gasteiger partial charge in [-0.2, -0.15) is 0 Å². The second-order valence-corrected chi connectivity index (χ2v) is 5.77. The Morgan fingerprint density at radius 2 is 1.84 bits per heavy atom. The molecule has 0 aliphatic heterocycles. The first-order valence-electron chi connectivity index (χ1n) is 6.59. The number of nitrogens with one attached hydrogen (secondary N) is 1. The topological polar surface area (TPSA) is 61.7 Å². The number of ether oxygens (including phenoxy) is 1. The third kappa shape index (κ3) is 4.11. The summed E-state index contributed by atoms with van der Waals surface area (Å²) >= 11 is 0. The molecular formula is C15H25NO3. The van der Waals surface area contributed by atoms with E-state index in [1.807, 2.05) is 32.9 Å². The SMILES string of the molecule is CCOc1cc(CNC(C)(C)C(C)(C)O)ccc1O. The molecule has 108 valence electrons. The molecular weight excluding hydrogens is 242 g/mol. The van der Waals surface area contributed by atoms with E-state index in [9.17, 15) is 10.2 Å². The summed E-state index contributed by atoms with van der Waals surface area (Å²) in [6.07, 6.45) is 0. The van der Waals surface area contributed by atoms with E-state index >= 15 is 0 Å². The highest BCUT2D eigenvalue weighted by Gasteiger charge is 2.34. The molecule has 0 saturated heterocycles. The Bertz CT molecular complexity index is 422. The minimum Gasteiger partial charge on any atom is -0.504 e. The van der Waals surface area contributed by atoms with Crippen LogP contribution in [0.5, 0.6) is 11.5 Å². The van der Waals surface area contributed by atoms with Gasteiger partial charge in [-0.3, -0.25) is 0 Å². The first-order valence-corrected chi connectivity index (χ1v) is 6.59. The number of benzene rings is 1. The fourth-order valence-corrected chi connectivity index (χ4v) is 1.48. The first kappa shape index (κ1) is 15.8. The van der Waals surface area contributed by atoms with Crippen molar-refractivity contribution < 1.29 is 14.9 Å². The summed E-state index contributed by atoms with van der Waals surface area (Å²) in [5.74, 6) is 0.634. The molecule has 1 aromatic carbocycles. The van der Waals surface area contributed by atoms with E-state index in [0.717, 1.165) is 5.56 Å². The van der Waals surface area contributed by atoms with Crippen LogP contribution in [0, 0.1) is 0 Å². The van der Waals surface area contributed by atoms with Crippen LogP contribution in [-0.4, -0.2) is 28.0 Å². The molecule has 0 heterocycles. The Labute approximate surface area is 115 Å². The van der Waals surface area contributed by atoms with Crippen LogP contribution in [0.25, 0.3) is 0 Å². The van der Waals surface area contributed by atoms with Crippen molar-refractivity contribution >= 4 is 0 Å². The van der Waals surface area contributed by atoms with Crippen LogP contribution < -0.4 is 10.1 Å². The number of phenolic OH excluding ortho intramolecular Hbond substituents is 1. The number of phenols is 1. The quantitative estimate of drug-likeness (QED) is 0.741. The van der Waals surface area contributed by atoms with Crippen LogP contribution >= 0.6 is 0 Å². The molecule has 0 saturated carbocycles. The van der Waals surface area contributed by atoms with Gasteiger partial charge in [0.1, 0.15) is 0 Å². The molecule has 4 nitrogen and oxygen atoms in total. The third-order valence-corrected chi connectivity index (χ3v) is 3.59. The Hall–Kier alpha value is -1.26. The van der Waals surface area contributed by atoms with Crippen molar-refractivity contribution in [3.8, 4) is 11.5 Å². The lowest BCUT2D eigenvalue weighted by Gasteiger charge is -2.38. The molecule has 1 aromatic rings. The molecule has 0 aliphatic rings. The monoisotopic (exact) mass is 267 g/mol. The van der Waals surface area contributed by atoms with Crippen LogP contribution in [0.3, 0.4) is 0 Å². The Kier molecular flexibility index (Phi) is 4.82. The zero-order valence-corrected chi connectivity index (χ0v) is 12.4. The second-order valence-electron chi connectivity index (χ2n) is 5.77. The molecule has 0 spiro atoms. The number of rotatable bonds is 6. The van der Waals surface area contributed by atoms with Crippen molar-refractivity contribution in [2.24, 2.45) is 0 Å². The molecule has 0 unspecified atom stereocenters. The van der Waals surface area contributed by atoms with Crippen molar-refractivity contribution in [3.63, 3.8) is 0 Å². The second kappa shape index (κ2) is 5.80. The largest absolute Gasteiger partial charge is 0.504 e. The molecule has 0 aromatic heterocycles. The molecule has 0 fully saturated rings. The van der Waals surface area contributed by atoms with Gasteiger partial charge in [0.2, 0.25) is 0 Å². The van der Waals surface area contributed by atoms with E-state index in [2.05, 4.69) is 5.32 Å². The number of aromatic hydroxyl groups is 1. The number of aliphatic hydroxyl groups is 1. The third-order valence-electron chi connectivity index (χ3n) is 3.59. The average Bonchev–Trinajstić information content (AvgIpc) is 2.29. The standard InChI is InChI=1S/C15H25NO3/c1-6-19-13-9-11(7-8-12(13)17)10-16-14(2,3)15(4,5)18/h7-9,16-18H,6,10H2,1-5H3. The fourth-order valence-electron chi connectivity index (χ4n) is 1.48. The van der Waals surface area contributed by atoms with Gasteiger partial charge in [-0.15, -0.1) is 0 Å². The number of hydrogen-bond acceptors (Lipinski definition) is 4. The fraction of sp³-hybridized carbons (Fsp3) is 0.600. The Morgan fingerprint density at radius 1 is 1.21 bits per heavy atom. The van der Waals surface area contributed by atoms with E-state index < -0.39 is 11.1 Å². The zero-order chi connectivity index (χ0) is 14.7. The van der Waals surface area contributed by atoms with Crippen LogP contribution in [-0.2, 0) is 6.54 Å². The lowest BCUT2D eigenvalue weighted by Crippen LogP contribution is -2.55. The smallest absolute Gasteiger partial charge is 0.161 e. The van der Waals surface area contributed by atoms with Gasteiger partial charge in [0, 0.05) is 12.1 Å². The summed E-state index contributed by atoms with van der Waals surface area (Å²) in [4.78, 5) is 0. The van der Waals surface area contributed by atoms with Gasteiger partial charge in [-0.05, 0) is 52.3 Å². The van der Waals surface area contributed by atoms with Gasteiger partial charge in [-0.25, -0.2) is 0 Å². The maximum absolute atomic E-state index is 10.1. The predicted molar refractivity (Wildman–Crippen MR) is 76.5 cm³/mol. The van der Waals surface area contributed by atoms with Crippen LogP contribution in [0.2, 0.25) is 0 Å². The molecule has 0 amide bonds. The average molecular weight is 267 g/mol. The Balaban J connectivity index is 2.76. The van der Waals surface area contributed by atoms with Gasteiger partial charge in [0.25, 0.3) is 0 Å². The lowest BCUT2D eigenvalue weighted by molar-refractivity contribution is -0.00532. The van der Waals surface area contributed by atoms with Crippen molar-refractivity contribution in [2.45, 2.75) is 52.3 Å². The zero-order valence-electron chi connectivity index (χ0n) is 12.4. The van der Waals surface area contributed by atoms with Crippen molar-refractivity contribution in [3.05, 3.63) is 23.8 Å². The summed E-state index contributed by atoms with van der Waals surface area (Å²) in [6, 6.07) is 5.27. The summed E-state index contributed by atoms with van der Waals surface area (Å²) in [7, 11) is 0. The minimum absolute atomic E-state index is 0.146. The summed E-state index contributed by atoms with van der Waals surface area (Å²) in [5.41, 5.74) is -0.248. The predicted octanol–water partition coefficient (Wildman–Crippen LogP) is 2.43. The molecule has 3 N–H and O–H groups in total. The summed E-state index contributed by atoms with van der Waals surface area (Å²) in [5, 5.41) is 23.0. The van der Waals surface area contributed by atoms with E-state index in [4.69, 9.17) is 4.74 Å². The molecule has 0 bridgehead atoms. The van der Waals surface area contributed by atoms with E-state index in [1.165, 1.54) is 0 Å². The summed E-state index contributed by atoms with van der Waals surface area (Å²) < 4.78 is 5.35. The van der Waals surface area contributed by atoms with Gasteiger partial charge in [-0.1, -0.05) is 6.07 Å². The summed E-state index contributed by atoms with van der Waals surface area (Å²) in [6.45, 7) is 10.5. The lowest BCUT2D eigenvalue weighted by atomic mass is 9.86. The molecule has 4 heteroatoms. The van der Waals surface area contributed by atoms with Gasteiger partial charge >= 0.3 is 0 Å². The van der Waals surface area contributed by atoms with E-state index in [1.54, 1.807) is 19.9 Å². The van der Waals surface area contributed by atoms with Gasteiger partial charge in [0.15, 0.2) is 11.5 Å². The van der Waals surface area contributed by atoms with Crippen LogP contribution in [0.4, 0.5) is 0 Å². The highest BCUT2D eigenvalue weighted by atomic mass is 16.5. The van der Waals surface area contributed by atoms with Crippen LogP contribution in [0.1, 0.15) is 40.2 Å². The maximum atomic E-state index is 10.1. The molecule has 0 atom stereocenters. The number of hydrogen-bond donors (Lipinski definition) is 3. The normalized spacial score (nSPS) is 12.5. The van der Waals surface area contributed by atoms with E-state index in [0.29, 0.717) is 18.9 Å². The first-order chi connectivity index (χ1) is 8.67. The highest BCUT2D eigenvalue weighted by Crippen LogP contribution is 2.27. The molecule has 0 aliphatic carbocycles.